The molecule has 1 fully saturated rings. The van der Waals surface area contributed by atoms with Crippen LogP contribution in [0.25, 0.3) is 0 Å². The van der Waals surface area contributed by atoms with E-state index in [4.69, 9.17) is 4.74 Å². The zero-order valence-corrected chi connectivity index (χ0v) is 15.1. The fourth-order valence-electron chi connectivity index (χ4n) is 3.61. The van der Waals surface area contributed by atoms with Crippen LogP contribution in [0, 0.1) is 0 Å². The van der Waals surface area contributed by atoms with E-state index < -0.39 is 0 Å². The fourth-order valence-corrected chi connectivity index (χ4v) is 3.61. The molecule has 0 radical (unpaired) electrons. The molecule has 4 rings (SSSR count). The van der Waals surface area contributed by atoms with Crippen LogP contribution in [0.2, 0.25) is 0 Å². The predicted molar refractivity (Wildman–Crippen MR) is 102 cm³/mol. The maximum atomic E-state index is 12.3. The van der Waals surface area contributed by atoms with Gasteiger partial charge in [-0.15, -0.1) is 0 Å². The Bertz CT molecular complexity index is 812. The van der Waals surface area contributed by atoms with Gasteiger partial charge < -0.3 is 25.3 Å². The zero-order valence-electron chi connectivity index (χ0n) is 15.1. The second-order valence-corrected chi connectivity index (χ2v) is 7.02. The molecule has 0 spiro atoms. The van der Waals surface area contributed by atoms with Crippen LogP contribution in [-0.4, -0.2) is 42.2 Å². The van der Waals surface area contributed by atoms with E-state index in [9.17, 15) is 9.59 Å². The standard InChI is InChI=1S/C20H24N4O3/c25-19(21-12-17-7-4-8-27-17)10-16-11-22-20(26)18-9-15(13-24(16)18)23-14-5-2-1-3-6-14/h1-3,5-6,9,13,16-17,23H,4,7-8,10-12H2,(H,21,25)(H,22,26). The van der Waals surface area contributed by atoms with Crippen LogP contribution in [0.3, 0.4) is 0 Å². The summed E-state index contributed by atoms with van der Waals surface area (Å²) in [6.07, 6.45) is 4.40. The van der Waals surface area contributed by atoms with Crippen molar-refractivity contribution in [3.8, 4) is 0 Å². The molecule has 3 N–H and O–H groups in total. The Morgan fingerprint density at radius 3 is 2.89 bits per heavy atom. The second kappa shape index (κ2) is 7.84. The molecule has 2 unspecified atom stereocenters. The number of hydrogen-bond acceptors (Lipinski definition) is 4. The summed E-state index contributed by atoms with van der Waals surface area (Å²) < 4.78 is 7.44. The average Bonchev–Trinajstić information content (AvgIpc) is 3.33. The largest absolute Gasteiger partial charge is 0.376 e. The lowest BCUT2D eigenvalue weighted by Gasteiger charge is -2.26. The Morgan fingerprint density at radius 2 is 2.11 bits per heavy atom. The van der Waals surface area contributed by atoms with Gasteiger partial charge in [-0.25, -0.2) is 0 Å². The third-order valence-corrected chi connectivity index (χ3v) is 5.01. The number of fused-ring (bicyclic) bond motifs is 1. The van der Waals surface area contributed by atoms with Crippen molar-refractivity contribution < 1.29 is 14.3 Å². The van der Waals surface area contributed by atoms with Gasteiger partial charge in [0.15, 0.2) is 0 Å². The summed E-state index contributed by atoms with van der Waals surface area (Å²) in [7, 11) is 0. The molecule has 2 aliphatic rings. The minimum atomic E-state index is -0.118. The van der Waals surface area contributed by atoms with Crippen LogP contribution in [0.1, 0.15) is 35.8 Å². The number of hydrogen-bond donors (Lipinski definition) is 3. The molecule has 27 heavy (non-hydrogen) atoms. The SMILES string of the molecule is O=C(CC1CNC(=O)c2cc(Nc3ccccc3)cn21)NCC1CCCO1. The molecule has 7 nitrogen and oxygen atoms in total. The molecule has 2 atom stereocenters. The van der Waals surface area contributed by atoms with Crippen molar-refractivity contribution in [3.63, 3.8) is 0 Å². The first-order valence-corrected chi connectivity index (χ1v) is 9.39. The molecule has 7 heteroatoms. The van der Waals surface area contributed by atoms with E-state index in [0.717, 1.165) is 30.8 Å². The first-order chi connectivity index (χ1) is 13.2. The predicted octanol–water partition coefficient (Wildman–Crippen LogP) is 2.20. The lowest BCUT2D eigenvalue weighted by atomic mass is 10.1. The number of nitrogens with zero attached hydrogens (tertiary/aromatic N) is 1. The third kappa shape index (κ3) is 4.14. The number of nitrogens with one attached hydrogen (secondary N) is 3. The molecule has 3 heterocycles. The van der Waals surface area contributed by atoms with E-state index in [1.54, 1.807) is 0 Å². The molecule has 2 aliphatic heterocycles. The molecule has 2 aromatic rings. The van der Waals surface area contributed by atoms with Gasteiger partial charge in [0.2, 0.25) is 5.91 Å². The number of carbonyl (C=O) groups is 2. The molecule has 2 amide bonds. The summed E-state index contributed by atoms with van der Waals surface area (Å²) in [6, 6.07) is 11.5. The monoisotopic (exact) mass is 368 g/mol. The van der Waals surface area contributed by atoms with Gasteiger partial charge in [0.25, 0.3) is 5.91 Å². The number of carbonyl (C=O) groups excluding carboxylic acids is 2. The number of anilines is 2. The van der Waals surface area contributed by atoms with Gasteiger partial charge in [-0.1, -0.05) is 18.2 Å². The van der Waals surface area contributed by atoms with Gasteiger partial charge in [-0.05, 0) is 31.0 Å². The van der Waals surface area contributed by atoms with Gasteiger partial charge in [-0.2, -0.15) is 0 Å². The molecule has 1 saturated heterocycles. The van der Waals surface area contributed by atoms with Crippen molar-refractivity contribution in [1.29, 1.82) is 0 Å². The van der Waals surface area contributed by atoms with Crippen molar-refractivity contribution >= 4 is 23.2 Å². The lowest BCUT2D eigenvalue weighted by Crippen LogP contribution is -2.41. The van der Waals surface area contributed by atoms with Gasteiger partial charge in [0, 0.05) is 38.0 Å². The topological polar surface area (TPSA) is 84.4 Å². The molecular formula is C20H24N4O3. The molecule has 0 bridgehead atoms. The summed E-state index contributed by atoms with van der Waals surface area (Å²) in [4.78, 5) is 24.6. The van der Waals surface area contributed by atoms with E-state index in [1.807, 2.05) is 47.2 Å². The van der Waals surface area contributed by atoms with Crippen LogP contribution >= 0.6 is 0 Å². The van der Waals surface area contributed by atoms with E-state index in [2.05, 4.69) is 16.0 Å². The van der Waals surface area contributed by atoms with E-state index in [-0.39, 0.29) is 24.0 Å². The third-order valence-electron chi connectivity index (χ3n) is 5.01. The smallest absolute Gasteiger partial charge is 0.268 e. The number of benzene rings is 1. The van der Waals surface area contributed by atoms with Crippen molar-refractivity contribution in [3.05, 3.63) is 48.3 Å². The normalized spacial score (nSPS) is 21.4. The zero-order chi connectivity index (χ0) is 18.6. The Kier molecular flexibility index (Phi) is 5.11. The van der Waals surface area contributed by atoms with Gasteiger partial charge in [0.05, 0.1) is 17.8 Å². The van der Waals surface area contributed by atoms with Crippen LogP contribution in [-0.2, 0) is 9.53 Å². The minimum Gasteiger partial charge on any atom is -0.376 e. The molecule has 0 saturated carbocycles. The first-order valence-electron chi connectivity index (χ1n) is 9.39. The lowest BCUT2D eigenvalue weighted by molar-refractivity contribution is -0.122. The summed E-state index contributed by atoms with van der Waals surface area (Å²) in [5.74, 6) is -0.143. The van der Waals surface area contributed by atoms with Crippen molar-refractivity contribution in [2.24, 2.45) is 0 Å². The van der Waals surface area contributed by atoms with Gasteiger partial charge in [-0.3, -0.25) is 9.59 Å². The molecule has 0 aliphatic carbocycles. The molecule has 1 aromatic carbocycles. The highest BCUT2D eigenvalue weighted by molar-refractivity contribution is 5.95. The van der Waals surface area contributed by atoms with Crippen LogP contribution in [0.4, 0.5) is 11.4 Å². The highest BCUT2D eigenvalue weighted by Gasteiger charge is 2.27. The van der Waals surface area contributed by atoms with Gasteiger partial charge in [0.1, 0.15) is 5.69 Å². The molecular weight excluding hydrogens is 344 g/mol. The number of rotatable bonds is 6. The number of para-hydroxylation sites is 1. The Hall–Kier alpha value is -2.80. The average molecular weight is 368 g/mol. The summed E-state index contributed by atoms with van der Waals surface area (Å²) >= 11 is 0. The highest BCUT2D eigenvalue weighted by atomic mass is 16.5. The maximum absolute atomic E-state index is 12.3. The Balaban J connectivity index is 1.42. The number of aromatic nitrogens is 1. The van der Waals surface area contributed by atoms with Crippen molar-refractivity contribution in [2.45, 2.75) is 31.4 Å². The quantitative estimate of drug-likeness (QED) is 0.730. The summed E-state index contributed by atoms with van der Waals surface area (Å²) in [6.45, 7) is 1.77. The Labute approximate surface area is 158 Å². The molecule has 1 aromatic heterocycles. The first kappa shape index (κ1) is 17.6. The summed E-state index contributed by atoms with van der Waals surface area (Å²) in [5, 5.41) is 9.13. The summed E-state index contributed by atoms with van der Waals surface area (Å²) in [5.41, 5.74) is 2.35. The minimum absolute atomic E-state index is 0.0242. The van der Waals surface area contributed by atoms with E-state index >= 15 is 0 Å². The van der Waals surface area contributed by atoms with Gasteiger partial charge >= 0.3 is 0 Å². The molecule has 142 valence electrons. The number of ether oxygens (including phenoxy) is 1. The Morgan fingerprint density at radius 1 is 1.26 bits per heavy atom. The fraction of sp³-hybridized carbons (Fsp3) is 0.400. The highest BCUT2D eigenvalue weighted by Crippen LogP contribution is 2.26. The number of amides is 2. The maximum Gasteiger partial charge on any atom is 0.268 e. The van der Waals surface area contributed by atoms with Crippen molar-refractivity contribution in [1.82, 2.24) is 15.2 Å². The van der Waals surface area contributed by atoms with Crippen LogP contribution in [0.15, 0.2) is 42.6 Å². The van der Waals surface area contributed by atoms with E-state index in [0.29, 0.717) is 25.2 Å². The van der Waals surface area contributed by atoms with Crippen LogP contribution in [0.5, 0.6) is 0 Å². The second-order valence-electron chi connectivity index (χ2n) is 7.02. The van der Waals surface area contributed by atoms with Crippen LogP contribution < -0.4 is 16.0 Å². The van der Waals surface area contributed by atoms with E-state index in [1.165, 1.54) is 0 Å². The van der Waals surface area contributed by atoms with Crippen molar-refractivity contribution in [2.75, 3.05) is 25.0 Å².